The van der Waals surface area contributed by atoms with Crippen LogP contribution in [-0.2, 0) is 0 Å². The Labute approximate surface area is 119 Å². The molecule has 0 saturated heterocycles. The van der Waals surface area contributed by atoms with Crippen molar-refractivity contribution in [1.82, 2.24) is 4.90 Å². The summed E-state index contributed by atoms with van der Waals surface area (Å²) < 4.78 is 0. The van der Waals surface area contributed by atoms with Gasteiger partial charge in [-0.3, -0.25) is 4.79 Å². The summed E-state index contributed by atoms with van der Waals surface area (Å²) in [5, 5.41) is 2.33. The van der Waals surface area contributed by atoms with E-state index in [1.54, 1.807) is 4.90 Å². The van der Waals surface area contributed by atoms with Crippen LogP contribution in [0.25, 0.3) is 10.8 Å². The first kappa shape index (κ1) is 13.9. The largest absolute Gasteiger partial charge is 0.341 e. The molecule has 2 rings (SSSR count). The lowest BCUT2D eigenvalue weighted by Gasteiger charge is -2.21. The van der Waals surface area contributed by atoms with Crippen molar-refractivity contribution in [1.29, 1.82) is 0 Å². The van der Waals surface area contributed by atoms with Crippen molar-refractivity contribution in [3.63, 3.8) is 0 Å². The molecule has 19 heavy (non-hydrogen) atoms. The summed E-state index contributed by atoms with van der Waals surface area (Å²) in [4.78, 5) is 14.3. The Balaban J connectivity index is 2.31. The Morgan fingerprint density at radius 1 is 1.21 bits per heavy atom. The highest BCUT2D eigenvalue weighted by Gasteiger charge is 2.16. The van der Waals surface area contributed by atoms with Crippen molar-refractivity contribution in [2.75, 3.05) is 13.6 Å². The summed E-state index contributed by atoms with van der Waals surface area (Å²) in [7, 11) is 1.84. The summed E-state index contributed by atoms with van der Waals surface area (Å²) in [6, 6.07) is 13.8. The number of nitrogens with zero attached hydrogens (tertiary/aromatic N) is 1. The fourth-order valence-corrected chi connectivity index (χ4v) is 2.39. The van der Waals surface area contributed by atoms with Crippen LogP contribution in [0.3, 0.4) is 0 Å². The number of hydrogen-bond donors (Lipinski definition) is 1. The van der Waals surface area contributed by atoms with Gasteiger partial charge in [-0.15, -0.1) is 0 Å². The molecule has 0 spiro atoms. The van der Waals surface area contributed by atoms with Crippen LogP contribution in [0.1, 0.15) is 23.7 Å². The maximum atomic E-state index is 12.5. The Morgan fingerprint density at radius 2 is 1.89 bits per heavy atom. The SMILES string of the molecule is CCC(S)CN(C)C(=O)c1cccc2ccccc12. The van der Waals surface area contributed by atoms with Crippen molar-refractivity contribution < 1.29 is 4.79 Å². The third-order valence-electron chi connectivity index (χ3n) is 3.32. The van der Waals surface area contributed by atoms with Crippen molar-refractivity contribution in [3.8, 4) is 0 Å². The van der Waals surface area contributed by atoms with E-state index < -0.39 is 0 Å². The third kappa shape index (κ3) is 3.10. The maximum absolute atomic E-state index is 12.5. The second-order valence-electron chi connectivity index (χ2n) is 4.77. The van der Waals surface area contributed by atoms with E-state index >= 15 is 0 Å². The molecular weight excluding hydrogens is 254 g/mol. The maximum Gasteiger partial charge on any atom is 0.254 e. The molecule has 0 saturated carbocycles. The topological polar surface area (TPSA) is 20.3 Å². The van der Waals surface area contributed by atoms with E-state index in [1.807, 2.05) is 49.5 Å². The summed E-state index contributed by atoms with van der Waals surface area (Å²) >= 11 is 4.46. The molecule has 0 N–H and O–H groups in total. The van der Waals surface area contributed by atoms with E-state index in [9.17, 15) is 4.79 Å². The quantitative estimate of drug-likeness (QED) is 0.844. The van der Waals surface area contributed by atoms with Crippen LogP contribution in [0.2, 0.25) is 0 Å². The van der Waals surface area contributed by atoms with E-state index in [-0.39, 0.29) is 11.2 Å². The van der Waals surface area contributed by atoms with Crippen LogP contribution in [0.5, 0.6) is 0 Å². The normalized spacial score (nSPS) is 12.4. The van der Waals surface area contributed by atoms with Crippen LogP contribution in [0.4, 0.5) is 0 Å². The Kier molecular flexibility index (Phi) is 4.48. The molecule has 0 aromatic heterocycles. The zero-order valence-corrected chi connectivity index (χ0v) is 12.2. The van der Waals surface area contributed by atoms with Gasteiger partial charge >= 0.3 is 0 Å². The molecule has 0 heterocycles. The van der Waals surface area contributed by atoms with Gasteiger partial charge in [0.1, 0.15) is 0 Å². The molecular formula is C16H19NOS. The zero-order chi connectivity index (χ0) is 13.8. The van der Waals surface area contributed by atoms with Crippen LogP contribution in [-0.4, -0.2) is 29.6 Å². The lowest BCUT2D eigenvalue weighted by molar-refractivity contribution is 0.0797. The number of carbonyl (C=O) groups excluding carboxylic acids is 1. The fraction of sp³-hybridized carbons (Fsp3) is 0.312. The second kappa shape index (κ2) is 6.11. The van der Waals surface area contributed by atoms with E-state index in [0.717, 1.165) is 22.8 Å². The molecule has 1 amide bonds. The predicted octanol–water partition coefficient (Wildman–Crippen LogP) is 3.62. The molecule has 0 aliphatic heterocycles. The first-order valence-corrected chi connectivity index (χ1v) is 7.06. The molecule has 0 aliphatic rings. The van der Waals surface area contributed by atoms with Gasteiger partial charge in [-0.05, 0) is 23.3 Å². The molecule has 0 bridgehead atoms. The van der Waals surface area contributed by atoms with Gasteiger partial charge in [0, 0.05) is 24.4 Å². The average molecular weight is 273 g/mol. The lowest BCUT2D eigenvalue weighted by Crippen LogP contribution is -2.32. The van der Waals surface area contributed by atoms with Gasteiger partial charge in [0.25, 0.3) is 5.91 Å². The van der Waals surface area contributed by atoms with Crippen molar-refractivity contribution in [2.45, 2.75) is 18.6 Å². The molecule has 2 aromatic carbocycles. The Morgan fingerprint density at radius 3 is 2.63 bits per heavy atom. The van der Waals surface area contributed by atoms with Crippen molar-refractivity contribution in [2.24, 2.45) is 0 Å². The smallest absolute Gasteiger partial charge is 0.254 e. The summed E-state index contributed by atoms with van der Waals surface area (Å²) in [6.07, 6.45) is 0.955. The van der Waals surface area contributed by atoms with Gasteiger partial charge in [-0.1, -0.05) is 43.3 Å². The van der Waals surface area contributed by atoms with Crippen LogP contribution in [0, 0.1) is 0 Å². The molecule has 2 aromatic rings. The van der Waals surface area contributed by atoms with E-state index in [2.05, 4.69) is 19.6 Å². The van der Waals surface area contributed by atoms with E-state index in [4.69, 9.17) is 0 Å². The molecule has 0 fully saturated rings. The minimum absolute atomic E-state index is 0.0595. The average Bonchev–Trinajstić information content (AvgIpc) is 2.45. The van der Waals surface area contributed by atoms with Crippen LogP contribution < -0.4 is 0 Å². The van der Waals surface area contributed by atoms with Gasteiger partial charge in [0.15, 0.2) is 0 Å². The molecule has 0 radical (unpaired) electrons. The standard InChI is InChI=1S/C16H19NOS/c1-3-13(19)11-17(2)16(18)15-10-6-8-12-7-4-5-9-14(12)15/h4-10,13,19H,3,11H2,1-2H3. The molecule has 0 aliphatic carbocycles. The monoisotopic (exact) mass is 273 g/mol. The molecule has 100 valence electrons. The fourth-order valence-electron chi connectivity index (χ4n) is 2.15. The number of hydrogen-bond acceptors (Lipinski definition) is 2. The molecule has 1 unspecified atom stereocenters. The summed E-state index contributed by atoms with van der Waals surface area (Å²) in [5.74, 6) is 0.0595. The number of carbonyl (C=O) groups is 1. The predicted molar refractivity (Wildman–Crippen MR) is 84.0 cm³/mol. The van der Waals surface area contributed by atoms with Crippen LogP contribution >= 0.6 is 12.6 Å². The van der Waals surface area contributed by atoms with Gasteiger partial charge < -0.3 is 4.90 Å². The van der Waals surface area contributed by atoms with E-state index in [0.29, 0.717) is 6.54 Å². The highest BCUT2D eigenvalue weighted by atomic mass is 32.1. The number of benzene rings is 2. The summed E-state index contributed by atoms with van der Waals surface area (Å²) in [5.41, 5.74) is 0.761. The highest BCUT2D eigenvalue weighted by molar-refractivity contribution is 7.81. The van der Waals surface area contributed by atoms with Crippen molar-refractivity contribution >= 4 is 29.3 Å². The minimum atomic E-state index is 0.0595. The van der Waals surface area contributed by atoms with Crippen molar-refractivity contribution in [3.05, 3.63) is 48.0 Å². The number of rotatable bonds is 4. The van der Waals surface area contributed by atoms with Gasteiger partial charge in [0.2, 0.25) is 0 Å². The summed E-state index contributed by atoms with van der Waals surface area (Å²) in [6.45, 7) is 2.75. The first-order chi connectivity index (χ1) is 9.13. The lowest BCUT2D eigenvalue weighted by atomic mass is 10.0. The van der Waals surface area contributed by atoms with Crippen LogP contribution in [0.15, 0.2) is 42.5 Å². The minimum Gasteiger partial charge on any atom is -0.341 e. The third-order valence-corrected chi connectivity index (χ3v) is 3.85. The number of thiol groups is 1. The first-order valence-electron chi connectivity index (χ1n) is 6.54. The van der Waals surface area contributed by atoms with E-state index in [1.165, 1.54) is 0 Å². The second-order valence-corrected chi connectivity index (χ2v) is 5.50. The van der Waals surface area contributed by atoms with Gasteiger partial charge in [0.05, 0.1) is 0 Å². The Bertz CT molecular complexity index is 576. The number of fused-ring (bicyclic) bond motifs is 1. The number of amides is 1. The Hall–Kier alpha value is -1.48. The highest BCUT2D eigenvalue weighted by Crippen LogP contribution is 2.20. The van der Waals surface area contributed by atoms with Gasteiger partial charge in [-0.2, -0.15) is 12.6 Å². The zero-order valence-electron chi connectivity index (χ0n) is 11.3. The molecule has 2 nitrogen and oxygen atoms in total. The molecule has 3 heteroatoms. The molecule has 1 atom stereocenters. The van der Waals surface area contributed by atoms with Gasteiger partial charge in [-0.25, -0.2) is 0 Å².